The Hall–Kier alpha value is -2.87. The molecule has 0 spiro atoms. The molecule has 0 bridgehead atoms. The van der Waals surface area contributed by atoms with Gasteiger partial charge < -0.3 is 62.7 Å². The number of methoxy groups -OCH3 is 2. The summed E-state index contributed by atoms with van der Waals surface area (Å²) in [4.78, 5) is 36.1. The van der Waals surface area contributed by atoms with E-state index in [-0.39, 0.29) is 43.8 Å². The third kappa shape index (κ3) is 12.7. The number of aryl methyl sites for hydroxylation is 1. The third-order valence-electron chi connectivity index (χ3n) is 15.0. The maximum atomic E-state index is 14.8. The Kier molecular flexibility index (Phi) is 19.2. The van der Waals surface area contributed by atoms with Crippen LogP contribution in [0.2, 0.25) is 0 Å². The number of aromatic nitrogens is 2. The number of nitrogens with zero attached hydrogens (tertiary/aromatic N) is 3. The number of rotatable bonds is 15. The Morgan fingerprint density at radius 3 is 2.18 bits per heavy atom. The average Bonchev–Trinajstić information content (AvgIpc) is 3.78. The molecule has 2 aromatic rings. The maximum absolute atomic E-state index is 14.8. The van der Waals surface area contributed by atoms with Gasteiger partial charge in [-0.3, -0.25) is 9.59 Å². The second-order valence-electron chi connectivity index (χ2n) is 20.5. The van der Waals surface area contributed by atoms with E-state index in [9.17, 15) is 24.9 Å². The molecule has 0 aliphatic carbocycles. The highest BCUT2D eigenvalue weighted by Gasteiger charge is 2.54. The molecule has 3 N–H and O–H groups in total. The predicted octanol–water partition coefficient (Wildman–Crippen LogP) is 5.81. The van der Waals surface area contributed by atoms with Crippen molar-refractivity contribution in [2.75, 3.05) is 34.9 Å². The highest BCUT2D eigenvalue weighted by Crippen LogP contribution is 2.42. The predicted molar refractivity (Wildman–Crippen MR) is 252 cm³/mol. The summed E-state index contributed by atoms with van der Waals surface area (Å²) in [7, 11) is 6.87. The van der Waals surface area contributed by atoms with Gasteiger partial charge in [0.05, 0.1) is 59.7 Å². The number of benzene rings is 1. The van der Waals surface area contributed by atoms with Crippen molar-refractivity contribution in [2.45, 2.75) is 199 Å². The van der Waals surface area contributed by atoms with Gasteiger partial charge in [0.2, 0.25) is 0 Å². The Labute approximate surface area is 399 Å². The molecule has 3 aliphatic rings. The normalized spacial score (nSPS) is 40.7. The number of esters is 1. The lowest BCUT2D eigenvalue weighted by Crippen LogP contribution is -2.61. The van der Waals surface area contributed by atoms with Crippen molar-refractivity contribution in [1.29, 1.82) is 0 Å². The number of ether oxygens (including phenoxy) is 8. The van der Waals surface area contributed by atoms with E-state index in [0.29, 0.717) is 19.4 Å². The molecule has 3 saturated heterocycles. The summed E-state index contributed by atoms with van der Waals surface area (Å²) in [6.45, 7) is 18.8. The highest BCUT2D eigenvalue weighted by atomic mass is 16.7. The first-order chi connectivity index (χ1) is 31.5. The lowest BCUT2D eigenvalue weighted by Gasteiger charge is -2.50. The van der Waals surface area contributed by atoms with E-state index >= 15 is 0 Å². The van der Waals surface area contributed by atoms with Crippen molar-refractivity contribution in [3.63, 3.8) is 0 Å². The number of hydrogen-bond acceptors (Lipinski definition) is 15. The average molecular weight is 946 g/mol. The van der Waals surface area contributed by atoms with Crippen LogP contribution in [-0.2, 0) is 54.0 Å². The number of aliphatic hydroxyl groups excluding tert-OH is 2. The van der Waals surface area contributed by atoms with E-state index in [2.05, 4.69) is 4.98 Å². The number of ketones is 1. The smallest absolute Gasteiger partial charge is 0.311 e. The van der Waals surface area contributed by atoms with Gasteiger partial charge in [-0.05, 0) is 87.7 Å². The molecule has 5 rings (SSSR count). The first-order valence-corrected chi connectivity index (χ1v) is 24.4. The van der Waals surface area contributed by atoms with Crippen molar-refractivity contribution in [3.05, 3.63) is 42.9 Å². The van der Waals surface area contributed by atoms with E-state index in [4.69, 9.17) is 37.9 Å². The zero-order valence-electron chi connectivity index (χ0n) is 42.6. The lowest BCUT2D eigenvalue weighted by molar-refractivity contribution is -0.319. The van der Waals surface area contributed by atoms with Gasteiger partial charge in [0.15, 0.2) is 12.6 Å². The number of cyclic esters (lactones) is 1. The van der Waals surface area contributed by atoms with E-state index in [1.54, 1.807) is 41.7 Å². The molecule has 16 heteroatoms. The van der Waals surface area contributed by atoms with Gasteiger partial charge in [-0.1, -0.05) is 58.0 Å². The molecule has 1 unspecified atom stereocenters. The van der Waals surface area contributed by atoms with Crippen molar-refractivity contribution >= 4 is 11.8 Å². The molecule has 0 radical (unpaired) electrons. The van der Waals surface area contributed by atoms with Gasteiger partial charge in [0.1, 0.15) is 29.7 Å². The molecule has 4 heterocycles. The van der Waals surface area contributed by atoms with Gasteiger partial charge in [-0.2, -0.15) is 0 Å². The summed E-state index contributed by atoms with van der Waals surface area (Å²) in [5.74, 6) is -4.04. The minimum atomic E-state index is -1.80. The Bertz CT molecular complexity index is 1870. The summed E-state index contributed by atoms with van der Waals surface area (Å²) < 4.78 is 53.6. The number of unbranched alkanes of at least 4 members (excludes halogenated alkanes) is 1. The highest BCUT2D eigenvalue weighted by molar-refractivity contribution is 5.83. The van der Waals surface area contributed by atoms with Gasteiger partial charge in [-0.25, -0.2) is 4.98 Å². The molecule has 380 valence electrons. The van der Waals surface area contributed by atoms with Gasteiger partial charge in [-0.15, -0.1) is 0 Å². The second-order valence-corrected chi connectivity index (χ2v) is 20.5. The summed E-state index contributed by atoms with van der Waals surface area (Å²) in [5.41, 5.74) is -2.17. The largest absolute Gasteiger partial charge is 0.459 e. The van der Waals surface area contributed by atoms with Gasteiger partial charge >= 0.3 is 5.97 Å². The quantitative estimate of drug-likeness (QED) is 0.143. The van der Waals surface area contributed by atoms with Crippen molar-refractivity contribution in [1.82, 2.24) is 14.5 Å². The van der Waals surface area contributed by atoms with E-state index < -0.39 is 102 Å². The molecule has 16 nitrogen and oxygen atoms in total. The van der Waals surface area contributed by atoms with Crippen molar-refractivity contribution < 1.29 is 62.8 Å². The Morgan fingerprint density at radius 2 is 1.55 bits per heavy atom. The van der Waals surface area contributed by atoms with Crippen LogP contribution in [0.3, 0.4) is 0 Å². The summed E-state index contributed by atoms with van der Waals surface area (Å²) >= 11 is 0. The summed E-state index contributed by atoms with van der Waals surface area (Å²) in [6, 6.07) is 9.69. The SMILES string of the molecule is CC[C@H]1OC(=O)[C@H](C)[C@@H](O[C@H]2C[C@@](C)(OC)[C@@H](O)[C@H](C)O2)[C@H](C)[C@@H](OC2O[C@H](C)C[C@H](N(C)C)[C@H]2O)[C@@](C)(OC)C[C@@H](C)C(=O)[C@H](C)[C@@H](OCCCCn2cnc(-c3ccccc3)c2)[C@]1(C)O. The number of carbonyl (C=O) groups is 2. The van der Waals surface area contributed by atoms with Gasteiger partial charge in [0.25, 0.3) is 0 Å². The van der Waals surface area contributed by atoms with Crippen LogP contribution in [0.25, 0.3) is 11.3 Å². The number of Topliss-reactive ketones (excluding diaryl/α,β-unsaturated/α-hetero) is 1. The zero-order chi connectivity index (χ0) is 49.6. The first kappa shape index (κ1) is 55.1. The molecule has 0 saturated carbocycles. The Balaban J connectivity index is 1.50. The van der Waals surface area contributed by atoms with Crippen LogP contribution < -0.4 is 0 Å². The number of imidazole rings is 1. The third-order valence-corrected chi connectivity index (χ3v) is 15.0. The zero-order valence-corrected chi connectivity index (χ0v) is 42.6. The van der Waals surface area contributed by atoms with Crippen LogP contribution in [0.15, 0.2) is 42.9 Å². The van der Waals surface area contributed by atoms with Crippen LogP contribution >= 0.6 is 0 Å². The summed E-state index contributed by atoms with van der Waals surface area (Å²) in [6.07, 6.45) is -2.89. The number of likely N-dealkylation sites (N-methyl/N-ethyl adjacent to an activating group) is 1. The minimum absolute atomic E-state index is 0.130. The monoisotopic (exact) mass is 946 g/mol. The fraction of sp³-hybridized carbons (Fsp3) is 0.784. The fourth-order valence-corrected chi connectivity index (χ4v) is 10.7. The maximum Gasteiger partial charge on any atom is 0.311 e. The van der Waals surface area contributed by atoms with Crippen LogP contribution in [-0.4, -0.2) is 161 Å². The van der Waals surface area contributed by atoms with E-state index in [1.807, 2.05) is 101 Å². The molecule has 3 fully saturated rings. The number of hydrogen-bond donors (Lipinski definition) is 3. The van der Waals surface area contributed by atoms with Crippen molar-refractivity contribution in [2.24, 2.45) is 23.7 Å². The van der Waals surface area contributed by atoms with E-state index in [0.717, 1.165) is 17.7 Å². The number of aliphatic hydroxyl groups is 3. The molecule has 1 aromatic heterocycles. The molecule has 0 amide bonds. The van der Waals surface area contributed by atoms with Gasteiger partial charge in [0, 0.05) is 69.3 Å². The van der Waals surface area contributed by atoms with Crippen LogP contribution in [0.1, 0.15) is 108 Å². The molecule has 1 aromatic carbocycles. The van der Waals surface area contributed by atoms with E-state index in [1.165, 1.54) is 7.11 Å². The number of carbonyl (C=O) groups excluding carboxylic acids is 2. The van der Waals surface area contributed by atoms with Crippen LogP contribution in [0, 0.1) is 23.7 Å². The topological polar surface area (TPSA) is 190 Å². The minimum Gasteiger partial charge on any atom is -0.459 e. The molecular weight excluding hydrogens is 863 g/mol. The Morgan fingerprint density at radius 1 is 0.881 bits per heavy atom. The standard InChI is InChI=1S/C51H83N3O13/c1-15-39-51(10,59)46(62-24-20-19-23-54-28-37(52-29-54)36-21-17-16-18-22-36)32(4)41(55)30(2)26-50(9,61-14)45(67-48-42(56)38(53(11)12)25-31(3)63-48)33(5)43(34(6)47(58)65-39)66-40-27-49(8,60-13)44(57)35(7)64-40/h16-18,21-22,28-35,38-40,42-46,48,56-57,59H,15,19-20,23-27H2,1-14H3/t30-,31-,32+,33+,34-,35+,38+,39-,40+,42-,43+,44+,45-,46-,48?,49-,50+,51-/m1/s1. The van der Waals surface area contributed by atoms with Crippen LogP contribution in [0.5, 0.6) is 0 Å². The first-order valence-electron chi connectivity index (χ1n) is 24.4. The summed E-state index contributed by atoms with van der Waals surface area (Å²) in [5, 5.41) is 35.5. The fourth-order valence-electron chi connectivity index (χ4n) is 10.7. The van der Waals surface area contributed by atoms with Crippen LogP contribution in [0.4, 0.5) is 0 Å². The molecular formula is C51H83N3O13. The molecule has 67 heavy (non-hydrogen) atoms. The molecule has 18 atom stereocenters. The second kappa shape index (κ2) is 23.4. The van der Waals surface area contributed by atoms with Crippen molar-refractivity contribution in [3.8, 4) is 11.3 Å². The lowest BCUT2D eigenvalue weighted by atomic mass is 9.73. The molecule has 3 aliphatic heterocycles.